The summed E-state index contributed by atoms with van der Waals surface area (Å²) in [5, 5.41) is 9.18. The summed E-state index contributed by atoms with van der Waals surface area (Å²) >= 11 is 6.23. The standard InChI is InChI=1S/C22H26ClNO4/c1-16(2)28-18-10-8-9-17(15-18)24(14-7-3-4-13-21(25)26)22(27)19-11-5-6-12-20(19)23/h5-6,8-12,15-16H,3-4,7,13-14H2,1-2H3,(H,25,26). The van der Waals surface area contributed by atoms with Crippen LogP contribution >= 0.6 is 11.6 Å². The molecule has 150 valence electrons. The van der Waals surface area contributed by atoms with E-state index in [0.29, 0.717) is 35.7 Å². The SMILES string of the molecule is CC(C)Oc1cccc(N(CCCCCC(=O)O)C(=O)c2ccccc2Cl)c1. The van der Waals surface area contributed by atoms with Gasteiger partial charge in [0.15, 0.2) is 0 Å². The third-order valence-corrected chi connectivity index (χ3v) is 4.45. The van der Waals surface area contributed by atoms with E-state index >= 15 is 0 Å². The smallest absolute Gasteiger partial charge is 0.303 e. The molecule has 0 bridgehead atoms. The highest BCUT2D eigenvalue weighted by Gasteiger charge is 2.20. The van der Waals surface area contributed by atoms with Gasteiger partial charge in [0.2, 0.25) is 0 Å². The Morgan fingerprint density at radius 3 is 2.50 bits per heavy atom. The second-order valence-corrected chi connectivity index (χ2v) is 7.21. The Morgan fingerprint density at radius 1 is 1.07 bits per heavy atom. The minimum Gasteiger partial charge on any atom is -0.491 e. The van der Waals surface area contributed by atoms with E-state index in [0.717, 1.165) is 12.1 Å². The molecule has 2 aromatic carbocycles. The minimum absolute atomic E-state index is 0.0268. The van der Waals surface area contributed by atoms with Crippen LogP contribution in [-0.4, -0.2) is 29.6 Å². The number of carbonyl (C=O) groups excluding carboxylic acids is 1. The molecule has 0 aliphatic heterocycles. The molecule has 5 nitrogen and oxygen atoms in total. The number of carboxylic acids is 1. The van der Waals surface area contributed by atoms with Crippen LogP contribution in [0.15, 0.2) is 48.5 Å². The second-order valence-electron chi connectivity index (χ2n) is 6.80. The Kier molecular flexibility index (Phi) is 8.33. The fourth-order valence-corrected chi connectivity index (χ4v) is 3.06. The van der Waals surface area contributed by atoms with Crippen molar-refractivity contribution < 1.29 is 19.4 Å². The average Bonchev–Trinajstić information content (AvgIpc) is 2.64. The average molecular weight is 404 g/mol. The zero-order valence-corrected chi connectivity index (χ0v) is 17.0. The number of hydrogen-bond acceptors (Lipinski definition) is 3. The van der Waals surface area contributed by atoms with Crippen LogP contribution in [0.3, 0.4) is 0 Å². The van der Waals surface area contributed by atoms with Gasteiger partial charge in [0, 0.05) is 24.7 Å². The number of halogens is 1. The van der Waals surface area contributed by atoms with Gasteiger partial charge < -0.3 is 14.7 Å². The van der Waals surface area contributed by atoms with Crippen molar-refractivity contribution >= 4 is 29.2 Å². The van der Waals surface area contributed by atoms with E-state index in [-0.39, 0.29) is 18.4 Å². The lowest BCUT2D eigenvalue weighted by Gasteiger charge is -2.24. The van der Waals surface area contributed by atoms with Crippen LogP contribution in [0.5, 0.6) is 5.75 Å². The first kappa shape index (κ1) is 21.8. The molecule has 0 atom stereocenters. The number of benzene rings is 2. The Morgan fingerprint density at radius 2 is 1.82 bits per heavy atom. The van der Waals surface area contributed by atoms with Gasteiger partial charge >= 0.3 is 5.97 Å². The summed E-state index contributed by atoms with van der Waals surface area (Å²) in [6.07, 6.45) is 2.16. The van der Waals surface area contributed by atoms with Gasteiger partial charge in [-0.1, -0.05) is 36.2 Å². The van der Waals surface area contributed by atoms with E-state index < -0.39 is 5.97 Å². The maximum atomic E-state index is 13.2. The Bertz CT molecular complexity index is 807. The molecule has 0 unspecified atom stereocenters. The molecule has 6 heteroatoms. The van der Waals surface area contributed by atoms with Gasteiger partial charge in [-0.3, -0.25) is 9.59 Å². The topological polar surface area (TPSA) is 66.8 Å². The number of amides is 1. The number of rotatable bonds is 10. The number of anilines is 1. The maximum absolute atomic E-state index is 13.2. The zero-order chi connectivity index (χ0) is 20.5. The van der Waals surface area contributed by atoms with Gasteiger partial charge in [0.1, 0.15) is 5.75 Å². The second kappa shape index (κ2) is 10.7. The number of nitrogens with zero attached hydrogens (tertiary/aromatic N) is 1. The molecule has 0 spiro atoms. The number of aliphatic carboxylic acids is 1. The normalized spacial score (nSPS) is 10.7. The van der Waals surface area contributed by atoms with Crippen molar-refractivity contribution in [3.05, 3.63) is 59.1 Å². The highest BCUT2D eigenvalue weighted by Crippen LogP contribution is 2.26. The van der Waals surface area contributed by atoms with Crippen LogP contribution in [0.1, 0.15) is 49.9 Å². The van der Waals surface area contributed by atoms with Gasteiger partial charge in [0.05, 0.1) is 16.7 Å². The monoisotopic (exact) mass is 403 g/mol. The van der Waals surface area contributed by atoms with E-state index in [4.69, 9.17) is 21.4 Å². The Balaban J connectivity index is 2.22. The quantitative estimate of drug-likeness (QED) is 0.538. The molecule has 0 aromatic heterocycles. The zero-order valence-electron chi connectivity index (χ0n) is 16.2. The van der Waals surface area contributed by atoms with Gasteiger partial charge in [-0.2, -0.15) is 0 Å². The van der Waals surface area contributed by atoms with E-state index in [1.165, 1.54) is 0 Å². The first-order valence-electron chi connectivity index (χ1n) is 9.43. The molecule has 0 aliphatic carbocycles. The summed E-state index contributed by atoms with van der Waals surface area (Å²) in [6, 6.07) is 14.4. The largest absolute Gasteiger partial charge is 0.491 e. The maximum Gasteiger partial charge on any atom is 0.303 e. The molecule has 2 aromatic rings. The van der Waals surface area contributed by atoms with E-state index in [9.17, 15) is 9.59 Å². The van der Waals surface area contributed by atoms with Gasteiger partial charge in [0.25, 0.3) is 5.91 Å². The first-order valence-corrected chi connectivity index (χ1v) is 9.81. The molecular formula is C22H26ClNO4. The van der Waals surface area contributed by atoms with Crippen LogP contribution in [0.25, 0.3) is 0 Å². The summed E-state index contributed by atoms with van der Waals surface area (Å²) in [4.78, 5) is 25.5. The Hall–Kier alpha value is -2.53. The summed E-state index contributed by atoms with van der Waals surface area (Å²) in [7, 11) is 0. The summed E-state index contributed by atoms with van der Waals surface area (Å²) in [5.74, 6) is -0.302. The molecule has 1 N–H and O–H groups in total. The lowest BCUT2D eigenvalue weighted by Crippen LogP contribution is -2.32. The fourth-order valence-electron chi connectivity index (χ4n) is 2.85. The third kappa shape index (κ3) is 6.57. The first-order chi connectivity index (χ1) is 13.4. The van der Waals surface area contributed by atoms with Crippen LogP contribution in [-0.2, 0) is 4.79 Å². The van der Waals surface area contributed by atoms with Crippen molar-refractivity contribution in [2.75, 3.05) is 11.4 Å². The summed E-state index contributed by atoms with van der Waals surface area (Å²) < 4.78 is 5.75. The van der Waals surface area contributed by atoms with Crippen molar-refractivity contribution in [1.29, 1.82) is 0 Å². The number of hydrogen-bond donors (Lipinski definition) is 1. The summed E-state index contributed by atoms with van der Waals surface area (Å²) in [6.45, 7) is 4.36. The number of ether oxygens (including phenoxy) is 1. The fraction of sp³-hybridized carbons (Fsp3) is 0.364. The number of carboxylic acid groups (broad SMARTS) is 1. The highest BCUT2D eigenvalue weighted by atomic mass is 35.5. The van der Waals surface area contributed by atoms with E-state index in [2.05, 4.69) is 0 Å². The predicted octanol–water partition coefficient (Wildman–Crippen LogP) is 5.42. The van der Waals surface area contributed by atoms with Crippen molar-refractivity contribution in [3.8, 4) is 5.75 Å². The third-order valence-electron chi connectivity index (χ3n) is 4.12. The Labute approximate surface area is 170 Å². The van der Waals surface area contributed by atoms with Crippen LogP contribution in [0.4, 0.5) is 5.69 Å². The highest BCUT2D eigenvalue weighted by molar-refractivity contribution is 6.34. The van der Waals surface area contributed by atoms with Crippen molar-refractivity contribution in [3.63, 3.8) is 0 Å². The molecular weight excluding hydrogens is 378 g/mol. The van der Waals surface area contributed by atoms with E-state index in [1.807, 2.05) is 38.1 Å². The molecule has 28 heavy (non-hydrogen) atoms. The molecule has 0 radical (unpaired) electrons. The van der Waals surface area contributed by atoms with Gasteiger partial charge in [-0.05, 0) is 51.0 Å². The van der Waals surface area contributed by atoms with Crippen molar-refractivity contribution in [1.82, 2.24) is 0 Å². The molecule has 0 saturated heterocycles. The van der Waals surface area contributed by atoms with Crippen LogP contribution in [0.2, 0.25) is 5.02 Å². The number of carbonyl (C=O) groups is 2. The summed E-state index contributed by atoms with van der Waals surface area (Å²) in [5.41, 5.74) is 1.16. The van der Waals surface area contributed by atoms with Crippen molar-refractivity contribution in [2.45, 2.75) is 45.6 Å². The van der Waals surface area contributed by atoms with Gasteiger partial charge in [-0.25, -0.2) is 0 Å². The minimum atomic E-state index is -0.803. The van der Waals surface area contributed by atoms with Crippen LogP contribution in [0, 0.1) is 0 Å². The lowest BCUT2D eigenvalue weighted by atomic mass is 10.1. The van der Waals surface area contributed by atoms with Crippen LogP contribution < -0.4 is 9.64 Å². The van der Waals surface area contributed by atoms with Crippen molar-refractivity contribution in [2.24, 2.45) is 0 Å². The predicted molar refractivity (Wildman–Crippen MR) is 111 cm³/mol. The molecule has 1 amide bonds. The molecule has 0 heterocycles. The molecule has 0 fully saturated rings. The molecule has 2 rings (SSSR count). The molecule has 0 aliphatic rings. The lowest BCUT2D eigenvalue weighted by molar-refractivity contribution is -0.137. The molecule has 0 saturated carbocycles. The van der Waals surface area contributed by atoms with E-state index in [1.54, 1.807) is 29.2 Å². The number of unbranched alkanes of at least 4 members (excludes halogenated alkanes) is 2. The van der Waals surface area contributed by atoms with Gasteiger partial charge in [-0.15, -0.1) is 0 Å².